The van der Waals surface area contributed by atoms with Gasteiger partial charge in [-0.3, -0.25) is 9.69 Å². The van der Waals surface area contributed by atoms with E-state index in [0.29, 0.717) is 17.8 Å². The molecule has 0 aliphatic rings. The van der Waals surface area contributed by atoms with E-state index in [1.54, 1.807) is 13.2 Å². The van der Waals surface area contributed by atoms with Gasteiger partial charge in [-0.1, -0.05) is 0 Å². The Labute approximate surface area is 183 Å². The highest BCUT2D eigenvalue weighted by molar-refractivity contribution is 6.02. The number of carbonyl (C=O) groups is 1. The summed E-state index contributed by atoms with van der Waals surface area (Å²) in [6.45, 7) is 9.76. The predicted octanol–water partition coefficient (Wildman–Crippen LogP) is 5.68. The van der Waals surface area contributed by atoms with Gasteiger partial charge in [0.15, 0.2) is 0 Å². The molecular formula is C25H32F2N2O2. The van der Waals surface area contributed by atoms with Crippen LogP contribution in [0.1, 0.15) is 45.2 Å². The van der Waals surface area contributed by atoms with Crippen molar-refractivity contribution in [3.8, 4) is 5.75 Å². The molecule has 0 atom stereocenters. The molecule has 2 aromatic rings. The zero-order chi connectivity index (χ0) is 23.0. The van der Waals surface area contributed by atoms with E-state index >= 15 is 0 Å². The van der Waals surface area contributed by atoms with Crippen LogP contribution in [0.15, 0.2) is 42.5 Å². The average molecular weight is 431 g/mol. The van der Waals surface area contributed by atoms with Crippen molar-refractivity contribution in [1.29, 1.82) is 0 Å². The number of ether oxygens (including phenoxy) is 1. The number of methoxy groups -OCH3 is 1. The minimum absolute atomic E-state index is 0.280. The smallest absolute Gasteiger partial charge is 0.248 e. The maximum atomic E-state index is 13.3. The molecule has 6 heteroatoms. The lowest BCUT2D eigenvalue weighted by Gasteiger charge is -2.30. The third-order valence-corrected chi connectivity index (χ3v) is 5.05. The number of carbonyl (C=O) groups excluding carboxylic acids is 1. The maximum Gasteiger partial charge on any atom is 0.248 e. The fourth-order valence-electron chi connectivity index (χ4n) is 3.64. The van der Waals surface area contributed by atoms with Gasteiger partial charge in [0.05, 0.1) is 7.11 Å². The van der Waals surface area contributed by atoms with Gasteiger partial charge in [-0.05, 0) is 94.6 Å². The SMILES string of the molecule is COc1ccc(NC(=O)C=Cc2cc(F)cc(F)c2)cc1CCCN(C(C)C)C(C)C. The van der Waals surface area contributed by atoms with E-state index in [9.17, 15) is 13.6 Å². The van der Waals surface area contributed by atoms with Gasteiger partial charge in [0, 0.05) is 29.9 Å². The molecule has 0 aliphatic carbocycles. The van der Waals surface area contributed by atoms with Crippen molar-refractivity contribution in [3.63, 3.8) is 0 Å². The summed E-state index contributed by atoms with van der Waals surface area (Å²) in [4.78, 5) is 14.7. The summed E-state index contributed by atoms with van der Waals surface area (Å²) in [5, 5.41) is 2.79. The number of hydrogen-bond donors (Lipinski definition) is 1. The summed E-state index contributed by atoms with van der Waals surface area (Å²) < 4.78 is 32.0. The van der Waals surface area contributed by atoms with Gasteiger partial charge in [0.25, 0.3) is 0 Å². The van der Waals surface area contributed by atoms with E-state index < -0.39 is 11.6 Å². The second-order valence-electron chi connectivity index (χ2n) is 8.08. The Morgan fingerprint density at radius 1 is 1.06 bits per heavy atom. The van der Waals surface area contributed by atoms with Gasteiger partial charge in [-0.25, -0.2) is 8.78 Å². The molecule has 0 saturated carbocycles. The van der Waals surface area contributed by atoms with Gasteiger partial charge >= 0.3 is 0 Å². The number of rotatable bonds is 10. The second kappa shape index (κ2) is 11.6. The van der Waals surface area contributed by atoms with E-state index in [4.69, 9.17) is 4.74 Å². The number of hydrogen-bond acceptors (Lipinski definition) is 3. The predicted molar refractivity (Wildman–Crippen MR) is 122 cm³/mol. The maximum absolute atomic E-state index is 13.3. The van der Waals surface area contributed by atoms with Crippen LogP contribution in [0.4, 0.5) is 14.5 Å². The van der Waals surface area contributed by atoms with E-state index in [2.05, 4.69) is 37.9 Å². The first-order valence-electron chi connectivity index (χ1n) is 10.6. The van der Waals surface area contributed by atoms with Crippen LogP contribution in [0.5, 0.6) is 5.75 Å². The summed E-state index contributed by atoms with van der Waals surface area (Å²) in [5.74, 6) is -0.974. The molecule has 2 aromatic carbocycles. The van der Waals surface area contributed by atoms with Gasteiger partial charge in [-0.2, -0.15) is 0 Å². The van der Waals surface area contributed by atoms with E-state index in [0.717, 1.165) is 48.9 Å². The molecule has 0 bridgehead atoms. The number of aryl methyl sites for hydroxylation is 1. The summed E-state index contributed by atoms with van der Waals surface area (Å²) in [7, 11) is 1.63. The molecule has 0 heterocycles. The molecule has 2 rings (SSSR count). The molecule has 1 amide bonds. The first kappa shape index (κ1) is 24.5. The highest BCUT2D eigenvalue weighted by Crippen LogP contribution is 2.24. The topological polar surface area (TPSA) is 41.6 Å². The third kappa shape index (κ3) is 7.79. The lowest BCUT2D eigenvalue weighted by Crippen LogP contribution is -2.37. The molecule has 0 radical (unpaired) electrons. The van der Waals surface area contributed by atoms with Crippen molar-refractivity contribution >= 4 is 17.7 Å². The molecule has 0 spiro atoms. The molecule has 4 nitrogen and oxygen atoms in total. The van der Waals surface area contributed by atoms with E-state index in [-0.39, 0.29) is 11.5 Å². The standard InChI is InChI=1S/C25H32F2N2O2/c1-17(2)29(18(3)4)12-6-7-20-15-23(9-10-24(20)31-5)28-25(30)11-8-19-13-21(26)16-22(27)14-19/h8-11,13-18H,6-7,12H2,1-5H3,(H,28,30). The molecule has 0 saturated heterocycles. The zero-order valence-corrected chi connectivity index (χ0v) is 18.9. The van der Waals surface area contributed by atoms with Gasteiger partial charge in [0.2, 0.25) is 5.91 Å². The first-order valence-corrected chi connectivity index (χ1v) is 10.6. The van der Waals surface area contributed by atoms with Crippen LogP contribution in [0.2, 0.25) is 0 Å². The number of nitrogens with one attached hydrogen (secondary N) is 1. The quantitative estimate of drug-likeness (QED) is 0.493. The number of anilines is 1. The molecule has 168 valence electrons. The van der Waals surface area contributed by atoms with Crippen LogP contribution in [-0.4, -0.2) is 36.5 Å². The second-order valence-corrected chi connectivity index (χ2v) is 8.08. The van der Waals surface area contributed by atoms with Crippen molar-refractivity contribution < 1.29 is 18.3 Å². The molecule has 0 aliphatic heterocycles. The largest absolute Gasteiger partial charge is 0.496 e. The van der Waals surface area contributed by atoms with Crippen molar-refractivity contribution in [2.45, 2.75) is 52.6 Å². The van der Waals surface area contributed by atoms with Crippen LogP contribution in [0.25, 0.3) is 6.08 Å². The highest BCUT2D eigenvalue weighted by atomic mass is 19.1. The van der Waals surface area contributed by atoms with E-state index in [1.165, 1.54) is 12.2 Å². The highest BCUT2D eigenvalue weighted by Gasteiger charge is 2.13. The fourth-order valence-corrected chi connectivity index (χ4v) is 3.64. The number of benzene rings is 2. The molecule has 1 N–H and O–H groups in total. The Balaban J connectivity index is 2.03. The molecule has 0 aromatic heterocycles. The van der Waals surface area contributed by atoms with Gasteiger partial charge in [0.1, 0.15) is 17.4 Å². The van der Waals surface area contributed by atoms with Crippen LogP contribution >= 0.6 is 0 Å². The monoisotopic (exact) mass is 430 g/mol. The number of halogens is 2. The number of amides is 1. The Morgan fingerprint density at radius 3 is 2.29 bits per heavy atom. The minimum atomic E-state index is -0.687. The van der Waals surface area contributed by atoms with E-state index in [1.807, 2.05) is 12.1 Å². The average Bonchev–Trinajstić information content (AvgIpc) is 2.68. The summed E-state index contributed by atoms with van der Waals surface area (Å²) >= 11 is 0. The van der Waals surface area contributed by atoms with Crippen LogP contribution in [0, 0.1) is 11.6 Å². The van der Waals surface area contributed by atoms with Crippen molar-refractivity contribution in [1.82, 2.24) is 4.90 Å². The molecule has 0 unspecified atom stereocenters. The Morgan fingerprint density at radius 2 is 1.71 bits per heavy atom. The van der Waals surface area contributed by atoms with Crippen LogP contribution in [-0.2, 0) is 11.2 Å². The van der Waals surface area contributed by atoms with Crippen molar-refractivity contribution in [2.24, 2.45) is 0 Å². The molecule has 31 heavy (non-hydrogen) atoms. The minimum Gasteiger partial charge on any atom is -0.496 e. The van der Waals surface area contributed by atoms with Gasteiger partial charge in [-0.15, -0.1) is 0 Å². The van der Waals surface area contributed by atoms with Crippen LogP contribution in [0.3, 0.4) is 0 Å². The normalized spacial score (nSPS) is 11.7. The fraction of sp³-hybridized carbons (Fsp3) is 0.400. The Bertz CT molecular complexity index is 882. The summed E-state index contributed by atoms with van der Waals surface area (Å²) in [6.07, 6.45) is 4.41. The summed E-state index contributed by atoms with van der Waals surface area (Å²) in [5.41, 5.74) is 1.94. The Kier molecular flexibility index (Phi) is 9.19. The first-order chi connectivity index (χ1) is 14.7. The van der Waals surface area contributed by atoms with Crippen molar-refractivity contribution in [3.05, 3.63) is 65.2 Å². The molecule has 0 fully saturated rings. The van der Waals surface area contributed by atoms with Crippen LogP contribution < -0.4 is 10.1 Å². The third-order valence-electron chi connectivity index (χ3n) is 5.05. The molecular weight excluding hydrogens is 398 g/mol. The summed E-state index contributed by atoms with van der Waals surface area (Å²) in [6, 6.07) is 9.58. The Hall–Kier alpha value is -2.73. The lowest BCUT2D eigenvalue weighted by atomic mass is 10.1. The number of nitrogens with zero attached hydrogens (tertiary/aromatic N) is 1. The van der Waals surface area contributed by atoms with Crippen molar-refractivity contribution in [2.75, 3.05) is 19.0 Å². The zero-order valence-electron chi connectivity index (χ0n) is 18.9. The lowest BCUT2D eigenvalue weighted by molar-refractivity contribution is -0.111. The van der Waals surface area contributed by atoms with Gasteiger partial charge < -0.3 is 10.1 Å².